The fourth-order valence-electron chi connectivity index (χ4n) is 3.26. The molecule has 1 rings (SSSR count). The van der Waals surface area contributed by atoms with Crippen molar-refractivity contribution in [1.82, 2.24) is 20.4 Å². The fourth-order valence-corrected chi connectivity index (χ4v) is 3.26. The van der Waals surface area contributed by atoms with Crippen molar-refractivity contribution in [2.75, 3.05) is 39.8 Å². The SMILES string of the molecule is CCNC(=NCC(C)CN(C)C(=O)OC(C)(C)C)NC1CCN(C(C)C)CC1. The van der Waals surface area contributed by atoms with Gasteiger partial charge in [-0.15, -0.1) is 0 Å². The first-order valence-corrected chi connectivity index (χ1v) is 10.7. The summed E-state index contributed by atoms with van der Waals surface area (Å²) in [6, 6.07) is 1.08. The zero-order chi connectivity index (χ0) is 21.3. The topological polar surface area (TPSA) is 69.2 Å². The van der Waals surface area contributed by atoms with Crippen LogP contribution in [0.5, 0.6) is 0 Å². The number of nitrogens with zero attached hydrogens (tertiary/aromatic N) is 3. The molecule has 1 heterocycles. The van der Waals surface area contributed by atoms with Gasteiger partial charge < -0.3 is 25.2 Å². The molecule has 1 amide bonds. The van der Waals surface area contributed by atoms with E-state index in [2.05, 4.69) is 43.2 Å². The zero-order valence-electron chi connectivity index (χ0n) is 19.3. The number of likely N-dealkylation sites (tertiary alicyclic amines) is 1. The van der Waals surface area contributed by atoms with Crippen molar-refractivity contribution >= 4 is 12.1 Å². The van der Waals surface area contributed by atoms with Gasteiger partial charge in [0.05, 0.1) is 0 Å². The number of carbonyl (C=O) groups excluding carboxylic acids is 1. The molecule has 1 aliphatic rings. The number of rotatable bonds is 7. The molecule has 0 aliphatic carbocycles. The minimum absolute atomic E-state index is 0.246. The lowest BCUT2D eigenvalue weighted by atomic mass is 10.0. The number of nitrogens with one attached hydrogen (secondary N) is 2. The van der Waals surface area contributed by atoms with E-state index in [9.17, 15) is 4.79 Å². The van der Waals surface area contributed by atoms with Crippen molar-refractivity contribution in [3.8, 4) is 0 Å². The third-order valence-electron chi connectivity index (χ3n) is 4.80. The van der Waals surface area contributed by atoms with Crippen LogP contribution in [-0.2, 0) is 4.74 Å². The monoisotopic (exact) mass is 397 g/mol. The summed E-state index contributed by atoms with van der Waals surface area (Å²) in [5, 5.41) is 6.93. The van der Waals surface area contributed by atoms with Gasteiger partial charge in [-0.1, -0.05) is 6.92 Å². The van der Waals surface area contributed by atoms with Crippen LogP contribution in [-0.4, -0.2) is 79.3 Å². The number of piperidine rings is 1. The first kappa shape index (κ1) is 24.5. The van der Waals surface area contributed by atoms with Crippen LogP contribution in [0.3, 0.4) is 0 Å². The first-order valence-electron chi connectivity index (χ1n) is 10.7. The molecule has 1 saturated heterocycles. The first-order chi connectivity index (χ1) is 13.0. The maximum Gasteiger partial charge on any atom is 0.410 e. The van der Waals surface area contributed by atoms with Gasteiger partial charge in [0, 0.05) is 51.9 Å². The molecular formula is C21H43N5O2. The second-order valence-corrected chi connectivity index (χ2v) is 9.23. The van der Waals surface area contributed by atoms with E-state index in [1.165, 1.54) is 0 Å². The average molecular weight is 398 g/mol. The molecule has 7 nitrogen and oxygen atoms in total. The Morgan fingerprint density at radius 3 is 2.36 bits per heavy atom. The van der Waals surface area contributed by atoms with Crippen LogP contribution < -0.4 is 10.6 Å². The van der Waals surface area contributed by atoms with Crippen LogP contribution in [0, 0.1) is 5.92 Å². The molecule has 0 aromatic carbocycles. The Bertz CT molecular complexity index is 494. The predicted octanol–water partition coefficient (Wildman–Crippen LogP) is 2.92. The Kier molecular flexibility index (Phi) is 10.1. The van der Waals surface area contributed by atoms with Crippen molar-refractivity contribution in [2.45, 2.75) is 79.0 Å². The van der Waals surface area contributed by atoms with Gasteiger partial charge in [-0.2, -0.15) is 0 Å². The van der Waals surface area contributed by atoms with Crippen LogP contribution in [0.2, 0.25) is 0 Å². The number of hydrogen-bond acceptors (Lipinski definition) is 4. The second kappa shape index (κ2) is 11.5. The van der Waals surface area contributed by atoms with E-state index in [-0.39, 0.29) is 12.0 Å². The molecule has 1 atom stereocenters. The van der Waals surface area contributed by atoms with E-state index >= 15 is 0 Å². The van der Waals surface area contributed by atoms with Crippen LogP contribution in [0.15, 0.2) is 4.99 Å². The maximum absolute atomic E-state index is 12.1. The molecule has 0 bridgehead atoms. The van der Waals surface area contributed by atoms with Crippen molar-refractivity contribution in [2.24, 2.45) is 10.9 Å². The molecule has 0 aromatic heterocycles. The smallest absolute Gasteiger partial charge is 0.410 e. The highest BCUT2D eigenvalue weighted by Crippen LogP contribution is 2.13. The number of carbonyl (C=O) groups is 1. The molecule has 164 valence electrons. The third-order valence-corrected chi connectivity index (χ3v) is 4.80. The van der Waals surface area contributed by atoms with Crippen molar-refractivity contribution < 1.29 is 9.53 Å². The van der Waals surface area contributed by atoms with Crippen LogP contribution in [0.25, 0.3) is 0 Å². The molecule has 1 unspecified atom stereocenters. The van der Waals surface area contributed by atoms with Gasteiger partial charge in [-0.05, 0) is 60.3 Å². The lowest BCUT2D eigenvalue weighted by Crippen LogP contribution is -2.50. The summed E-state index contributed by atoms with van der Waals surface area (Å²) in [6.45, 7) is 18.7. The summed E-state index contributed by atoms with van der Waals surface area (Å²) in [6.07, 6.45) is 1.99. The summed E-state index contributed by atoms with van der Waals surface area (Å²) >= 11 is 0. The number of hydrogen-bond donors (Lipinski definition) is 2. The van der Waals surface area contributed by atoms with Gasteiger partial charge >= 0.3 is 6.09 Å². The Hall–Kier alpha value is -1.50. The van der Waals surface area contributed by atoms with E-state index in [0.29, 0.717) is 25.2 Å². The van der Waals surface area contributed by atoms with E-state index in [1.807, 2.05) is 20.8 Å². The number of guanidine groups is 1. The minimum Gasteiger partial charge on any atom is -0.444 e. The zero-order valence-corrected chi connectivity index (χ0v) is 19.3. The Morgan fingerprint density at radius 1 is 1.25 bits per heavy atom. The minimum atomic E-state index is -0.472. The van der Waals surface area contributed by atoms with Crippen LogP contribution in [0.4, 0.5) is 4.79 Å². The molecule has 0 aromatic rings. The Morgan fingerprint density at radius 2 is 1.86 bits per heavy atom. The lowest BCUT2D eigenvalue weighted by Gasteiger charge is -2.35. The molecule has 7 heteroatoms. The molecular weight excluding hydrogens is 354 g/mol. The molecule has 1 aliphatic heterocycles. The quantitative estimate of drug-likeness (QED) is 0.511. The third kappa shape index (κ3) is 9.62. The van der Waals surface area contributed by atoms with Gasteiger partial charge in [0.1, 0.15) is 5.60 Å². The molecule has 2 N–H and O–H groups in total. The van der Waals surface area contributed by atoms with Gasteiger partial charge in [-0.3, -0.25) is 4.99 Å². The van der Waals surface area contributed by atoms with Gasteiger partial charge in [0.15, 0.2) is 5.96 Å². The van der Waals surface area contributed by atoms with E-state index in [4.69, 9.17) is 9.73 Å². The average Bonchev–Trinajstić information content (AvgIpc) is 2.58. The largest absolute Gasteiger partial charge is 0.444 e. The van der Waals surface area contributed by atoms with E-state index < -0.39 is 5.60 Å². The van der Waals surface area contributed by atoms with Crippen molar-refractivity contribution in [1.29, 1.82) is 0 Å². The summed E-state index contributed by atoms with van der Waals surface area (Å²) in [5.74, 6) is 1.12. The number of ether oxygens (including phenoxy) is 1. The van der Waals surface area contributed by atoms with E-state index in [0.717, 1.165) is 38.4 Å². The summed E-state index contributed by atoms with van der Waals surface area (Å²) in [5.41, 5.74) is -0.472. The normalized spacial score (nSPS) is 18.1. The van der Waals surface area contributed by atoms with Gasteiger partial charge in [0.2, 0.25) is 0 Å². The second-order valence-electron chi connectivity index (χ2n) is 9.23. The summed E-state index contributed by atoms with van der Waals surface area (Å²) < 4.78 is 5.41. The molecule has 28 heavy (non-hydrogen) atoms. The van der Waals surface area contributed by atoms with Gasteiger partial charge in [0.25, 0.3) is 0 Å². The predicted molar refractivity (Wildman–Crippen MR) is 117 cm³/mol. The molecule has 0 radical (unpaired) electrons. The summed E-state index contributed by atoms with van der Waals surface area (Å²) in [4.78, 5) is 21.0. The van der Waals surface area contributed by atoms with E-state index in [1.54, 1.807) is 11.9 Å². The molecule has 1 fully saturated rings. The van der Waals surface area contributed by atoms with Crippen molar-refractivity contribution in [3.05, 3.63) is 0 Å². The van der Waals surface area contributed by atoms with Gasteiger partial charge in [-0.25, -0.2) is 4.79 Å². The Balaban J connectivity index is 2.49. The lowest BCUT2D eigenvalue weighted by molar-refractivity contribution is 0.0279. The highest BCUT2D eigenvalue weighted by Gasteiger charge is 2.22. The standard InChI is InChI=1S/C21H43N5O2/c1-9-22-19(24-18-10-12-26(13-11-18)16(2)3)23-14-17(4)15-25(8)20(27)28-21(5,6)7/h16-18H,9-15H2,1-8H3,(H2,22,23,24). The number of amides is 1. The van der Waals surface area contributed by atoms with Crippen molar-refractivity contribution in [3.63, 3.8) is 0 Å². The van der Waals surface area contributed by atoms with Crippen LogP contribution in [0.1, 0.15) is 61.3 Å². The highest BCUT2D eigenvalue weighted by molar-refractivity contribution is 5.80. The molecule has 0 spiro atoms. The summed E-state index contributed by atoms with van der Waals surface area (Å²) in [7, 11) is 1.78. The fraction of sp³-hybridized carbons (Fsp3) is 0.905. The Labute approximate surface area is 172 Å². The maximum atomic E-state index is 12.1. The number of aliphatic imine (C=N–C) groups is 1. The molecule has 0 saturated carbocycles. The highest BCUT2D eigenvalue weighted by atomic mass is 16.6. The van der Waals surface area contributed by atoms with Crippen LogP contribution >= 0.6 is 0 Å².